The van der Waals surface area contributed by atoms with E-state index in [1.807, 2.05) is 13.0 Å². The van der Waals surface area contributed by atoms with Crippen LogP contribution in [0.1, 0.15) is 12.5 Å². The fourth-order valence-electron chi connectivity index (χ4n) is 2.40. The molecule has 0 bridgehead atoms. The first-order chi connectivity index (χ1) is 13.4. The third-order valence-electron chi connectivity index (χ3n) is 3.67. The van der Waals surface area contributed by atoms with Crippen molar-refractivity contribution in [1.82, 2.24) is 5.32 Å². The Balaban J connectivity index is 1.91. The molecular formula is C19H15BrCl2N2O3S. The van der Waals surface area contributed by atoms with Gasteiger partial charge in [0.2, 0.25) is 0 Å². The van der Waals surface area contributed by atoms with Gasteiger partial charge in [0.1, 0.15) is 0 Å². The number of halogens is 3. The average Bonchev–Trinajstić information content (AvgIpc) is 3.00. The van der Waals surface area contributed by atoms with Crippen LogP contribution < -0.4 is 14.8 Å². The average molecular weight is 502 g/mol. The van der Waals surface area contributed by atoms with Gasteiger partial charge in [0.25, 0.3) is 5.91 Å². The Bertz CT molecular complexity index is 995. The molecule has 1 aliphatic heterocycles. The van der Waals surface area contributed by atoms with Crippen LogP contribution in [0.15, 0.2) is 44.7 Å². The van der Waals surface area contributed by atoms with Gasteiger partial charge < -0.3 is 14.8 Å². The van der Waals surface area contributed by atoms with Crippen molar-refractivity contribution in [3.8, 4) is 11.5 Å². The minimum atomic E-state index is -0.248. The Labute approximate surface area is 185 Å². The molecule has 0 saturated carbocycles. The van der Waals surface area contributed by atoms with Crippen molar-refractivity contribution in [2.24, 2.45) is 4.99 Å². The topological polar surface area (TPSA) is 59.9 Å². The lowest BCUT2D eigenvalue weighted by Gasteiger charge is -2.11. The lowest BCUT2D eigenvalue weighted by Crippen LogP contribution is -2.19. The minimum absolute atomic E-state index is 0.248. The van der Waals surface area contributed by atoms with E-state index >= 15 is 0 Å². The first kappa shape index (κ1) is 21.0. The Morgan fingerprint density at radius 3 is 2.79 bits per heavy atom. The van der Waals surface area contributed by atoms with Crippen molar-refractivity contribution in [2.75, 3.05) is 13.7 Å². The van der Waals surface area contributed by atoms with Crippen LogP contribution in [-0.2, 0) is 4.79 Å². The number of carbonyl (C=O) groups excluding carboxylic acids is 1. The van der Waals surface area contributed by atoms with E-state index in [2.05, 4.69) is 26.2 Å². The van der Waals surface area contributed by atoms with E-state index in [1.165, 1.54) is 11.8 Å². The van der Waals surface area contributed by atoms with Gasteiger partial charge in [0.05, 0.1) is 34.4 Å². The molecule has 0 aliphatic carbocycles. The van der Waals surface area contributed by atoms with Gasteiger partial charge in [-0.05, 0) is 54.6 Å². The molecule has 2 aromatic rings. The highest BCUT2D eigenvalue weighted by Gasteiger charge is 2.25. The molecule has 2 aromatic carbocycles. The number of hydrogen-bond donors (Lipinski definition) is 1. The summed E-state index contributed by atoms with van der Waals surface area (Å²) in [5.41, 5.74) is 1.27. The normalized spacial score (nSPS) is 16.5. The van der Waals surface area contributed by atoms with E-state index in [1.54, 1.807) is 37.5 Å². The number of rotatable bonds is 5. The van der Waals surface area contributed by atoms with E-state index in [0.29, 0.717) is 43.9 Å². The number of amides is 1. The molecule has 1 aliphatic rings. The SMILES string of the molecule is CCOc1cc(Br)c(/C=C2/SC(=Nc3cccc(Cl)c3Cl)NC2=O)cc1OC. The maximum atomic E-state index is 12.4. The maximum absolute atomic E-state index is 12.4. The highest BCUT2D eigenvalue weighted by Crippen LogP contribution is 2.37. The molecule has 0 radical (unpaired) electrons. The maximum Gasteiger partial charge on any atom is 0.264 e. The van der Waals surface area contributed by atoms with Gasteiger partial charge in [-0.3, -0.25) is 4.79 Å². The monoisotopic (exact) mass is 500 g/mol. The summed E-state index contributed by atoms with van der Waals surface area (Å²) in [5.74, 6) is 0.960. The Kier molecular flexibility index (Phi) is 6.93. The molecule has 5 nitrogen and oxygen atoms in total. The van der Waals surface area contributed by atoms with Crippen LogP contribution in [0.3, 0.4) is 0 Å². The van der Waals surface area contributed by atoms with Crippen molar-refractivity contribution in [3.63, 3.8) is 0 Å². The van der Waals surface area contributed by atoms with Crippen LogP contribution >= 0.6 is 50.9 Å². The number of carbonyl (C=O) groups is 1. The molecule has 1 amide bonds. The summed E-state index contributed by atoms with van der Waals surface area (Å²) >= 11 is 16.9. The Hall–Kier alpha value is -1.67. The number of aliphatic imine (C=N–C) groups is 1. The summed E-state index contributed by atoms with van der Waals surface area (Å²) in [4.78, 5) is 17.2. The van der Waals surface area contributed by atoms with Crippen LogP contribution in [0.5, 0.6) is 11.5 Å². The van der Waals surface area contributed by atoms with Crippen LogP contribution in [0, 0.1) is 0 Å². The third-order valence-corrected chi connectivity index (χ3v) is 6.08. The summed E-state index contributed by atoms with van der Waals surface area (Å²) < 4.78 is 11.7. The molecule has 1 saturated heterocycles. The first-order valence-electron chi connectivity index (χ1n) is 8.16. The van der Waals surface area contributed by atoms with Gasteiger partial charge in [-0.1, -0.05) is 45.2 Å². The molecule has 28 heavy (non-hydrogen) atoms. The second-order valence-electron chi connectivity index (χ2n) is 5.51. The predicted octanol–water partition coefficient (Wildman–Crippen LogP) is 6.05. The standard InChI is InChI=1S/C19H15BrCl2N2O3S/c1-3-27-15-9-11(20)10(7-14(15)26-2)8-16-18(25)24-19(28-16)23-13-6-4-5-12(21)17(13)22/h4-9H,3H2,1-2H3,(H,23,24,25)/b16-8+. The predicted molar refractivity (Wildman–Crippen MR) is 119 cm³/mol. The third kappa shape index (κ3) is 4.66. The molecule has 1 N–H and O–H groups in total. The molecule has 9 heteroatoms. The van der Waals surface area contributed by atoms with Gasteiger partial charge in [-0.15, -0.1) is 0 Å². The van der Waals surface area contributed by atoms with E-state index in [-0.39, 0.29) is 5.91 Å². The number of benzene rings is 2. The first-order valence-corrected chi connectivity index (χ1v) is 10.5. The summed E-state index contributed by atoms with van der Waals surface area (Å²) in [7, 11) is 1.57. The number of nitrogens with one attached hydrogen (secondary N) is 1. The second-order valence-corrected chi connectivity index (χ2v) is 8.18. The second kappa shape index (κ2) is 9.22. The van der Waals surface area contributed by atoms with Crippen molar-refractivity contribution in [3.05, 3.63) is 55.3 Å². The number of amidine groups is 1. The molecule has 0 atom stereocenters. The summed E-state index contributed by atoms with van der Waals surface area (Å²) in [6.45, 7) is 2.42. The molecule has 0 unspecified atom stereocenters. The van der Waals surface area contributed by atoms with Crippen LogP contribution in [0.25, 0.3) is 6.08 Å². The van der Waals surface area contributed by atoms with Gasteiger partial charge in [-0.25, -0.2) is 4.99 Å². The quantitative estimate of drug-likeness (QED) is 0.506. The molecule has 1 fully saturated rings. The van der Waals surface area contributed by atoms with Gasteiger partial charge in [-0.2, -0.15) is 0 Å². The lowest BCUT2D eigenvalue weighted by atomic mass is 10.2. The van der Waals surface area contributed by atoms with Crippen molar-refractivity contribution >= 4 is 73.7 Å². The highest BCUT2D eigenvalue weighted by molar-refractivity contribution is 9.10. The van der Waals surface area contributed by atoms with E-state index < -0.39 is 0 Å². The van der Waals surface area contributed by atoms with Gasteiger partial charge in [0.15, 0.2) is 16.7 Å². The Morgan fingerprint density at radius 1 is 1.29 bits per heavy atom. The van der Waals surface area contributed by atoms with E-state index in [4.69, 9.17) is 32.7 Å². The minimum Gasteiger partial charge on any atom is -0.493 e. The van der Waals surface area contributed by atoms with Gasteiger partial charge >= 0.3 is 0 Å². The lowest BCUT2D eigenvalue weighted by molar-refractivity contribution is -0.115. The largest absolute Gasteiger partial charge is 0.493 e. The van der Waals surface area contributed by atoms with Crippen LogP contribution in [-0.4, -0.2) is 24.8 Å². The van der Waals surface area contributed by atoms with Crippen molar-refractivity contribution < 1.29 is 14.3 Å². The molecule has 1 heterocycles. The molecule has 0 spiro atoms. The number of hydrogen-bond acceptors (Lipinski definition) is 5. The number of ether oxygens (including phenoxy) is 2. The van der Waals surface area contributed by atoms with Crippen molar-refractivity contribution in [2.45, 2.75) is 6.92 Å². The molecule has 0 aromatic heterocycles. The molecular weight excluding hydrogens is 487 g/mol. The fourth-order valence-corrected chi connectivity index (χ4v) is 4.00. The molecule has 3 rings (SSSR count). The summed E-state index contributed by atoms with van der Waals surface area (Å²) in [6, 6.07) is 8.76. The number of methoxy groups -OCH3 is 1. The highest BCUT2D eigenvalue weighted by atomic mass is 79.9. The Morgan fingerprint density at radius 2 is 2.07 bits per heavy atom. The zero-order chi connectivity index (χ0) is 20.3. The number of nitrogens with zero attached hydrogens (tertiary/aromatic N) is 1. The zero-order valence-electron chi connectivity index (χ0n) is 14.9. The summed E-state index contributed by atoms with van der Waals surface area (Å²) in [6.07, 6.45) is 1.75. The van der Waals surface area contributed by atoms with Gasteiger partial charge in [0, 0.05) is 4.47 Å². The van der Waals surface area contributed by atoms with Crippen molar-refractivity contribution in [1.29, 1.82) is 0 Å². The van der Waals surface area contributed by atoms with E-state index in [9.17, 15) is 4.79 Å². The fraction of sp³-hybridized carbons (Fsp3) is 0.158. The summed E-state index contributed by atoms with van der Waals surface area (Å²) in [5, 5.41) is 3.90. The van der Waals surface area contributed by atoms with Crippen LogP contribution in [0.4, 0.5) is 5.69 Å². The number of thioether (sulfide) groups is 1. The van der Waals surface area contributed by atoms with E-state index in [0.717, 1.165) is 10.0 Å². The zero-order valence-corrected chi connectivity index (χ0v) is 18.8. The molecule has 146 valence electrons. The smallest absolute Gasteiger partial charge is 0.264 e. The van der Waals surface area contributed by atoms with Crippen LogP contribution in [0.2, 0.25) is 10.0 Å².